The third-order valence-electron chi connectivity index (χ3n) is 2.58. The van der Waals surface area contributed by atoms with E-state index in [0.717, 1.165) is 5.56 Å². The molecule has 0 saturated heterocycles. The van der Waals surface area contributed by atoms with E-state index in [0.29, 0.717) is 5.76 Å². The molecule has 2 rings (SSSR count). The second kappa shape index (κ2) is 6.91. The summed E-state index contributed by atoms with van der Waals surface area (Å²) < 4.78 is 5.07. The van der Waals surface area contributed by atoms with Gasteiger partial charge < -0.3 is 15.5 Å². The lowest BCUT2D eigenvalue weighted by atomic mass is 10.2. The highest BCUT2D eigenvalue weighted by molar-refractivity contribution is 6.03. The third kappa shape index (κ3) is 4.50. The van der Waals surface area contributed by atoms with Crippen LogP contribution in [0, 0.1) is 0 Å². The predicted octanol–water partition coefficient (Wildman–Crippen LogP) is 1.94. The van der Waals surface area contributed by atoms with Gasteiger partial charge in [0.2, 0.25) is 5.91 Å². The zero-order valence-electron chi connectivity index (χ0n) is 11.2. The Bertz CT molecular complexity index is 671. The molecule has 0 aliphatic heterocycles. The van der Waals surface area contributed by atoms with Crippen LogP contribution in [-0.4, -0.2) is 11.8 Å². The lowest BCUT2D eigenvalue weighted by molar-refractivity contribution is -0.119. The highest BCUT2D eigenvalue weighted by Crippen LogP contribution is 2.06. The van der Waals surface area contributed by atoms with E-state index in [1.165, 1.54) is 18.4 Å². The van der Waals surface area contributed by atoms with Crippen LogP contribution in [0.4, 0.5) is 0 Å². The summed E-state index contributed by atoms with van der Waals surface area (Å²) in [6, 6.07) is 12.6. The molecule has 0 aliphatic rings. The van der Waals surface area contributed by atoms with Gasteiger partial charge in [-0.05, 0) is 23.8 Å². The Kier molecular flexibility index (Phi) is 4.71. The molecule has 2 amide bonds. The molecule has 1 aromatic carbocycles. The van der Waals surface area contributed by atoms with E-state index in [9.17, 15) is 9.59 Å². The van der Waals surface area contributed by atoms with Gasteiger partial charge in [0.1, 0.15) is 11.5 Å². The molecule has 5 nitrogen and oxygen atoms in total. The highest BCUT2D eigenvalue weighted by atomic mass is 16.3. The van der Waals surface area contributed by atoms with Gasteiger partial charge in [0, 0.05) is 12.2 Å². The molecule has 1 aromatic heterocycles. The van der Waals surface area contributed by atoms with Crippen molar-refractivity contribution in [1.82, 2.24) is 5.32 Å². The first-order valence-electron chi connectivity index (χ1n) is 6.24. The molecule has 0 spiro atoms. The average Bonchev–Trinajstić information content (AvgIpc) is 2.98. The summed E-state index contributed by atoms with van der Waals surface area (Å²) in [5.74, 6) is -0.764. The molecule has 106 valence electrons. The molecule has 3 N–H and O–H groups in total. The number of benzene rings is 1. The number of nitrogens with one attached hydrogen (secondary N) is 1. The Labute approximate surface area is 121 Å². The van der Waals surface area contributed by atoms with Crippen molar-refractivity contribution < 1.29 is 14.0 Å². The van der Waals surface area contributed by atoms with Crippen molar-refractivity contribution in [3.05, 3.63) is 71.8 Å². The standard InChI is InChI=1S/C16H14N2O3/c17-16(20)14(11-13-7-4-10-21-13)18-15(19)9-8-12-5-2-1-3-6-12/h1-11H,(H2,17,20)(H,18,19). The van der Waals surface area contributed by atoms with E-state index < -0.39 is 11.8 Å². The summed E-state index contributed by atoms with van der Waals surface area (Å²) in [6.07, 6.45) is 5.80. The van der Waals surface area contributed by atoms with E-state index in [-0.39, 0.29) is 5.70 Å². The van der Waals surface area contributed by atoms with Gasteiger partial charge in [-0.2, -0.15) is 0 Å². The van der Waals surface area contributed by atoms with Gasteiger partial charge in [-0.15, -0.1) is 0 Å². The molecule has 0 unspecified atom stereocenters. The average molecular weight is 282 g/mol. The number of carbonyl (C=O) groups is 2. The van der Waals surface area contributed by atoms with Gasteiger partial charge in [-0.1, -0.05) is 30.3 Å². The monoisotopic (exact) mass is 282 g/mol. The van der Waals surface area contributed by atoms with Crippen LogP contribution in [0.5, 0.6) is 0 Å². The number of primary amides is 1. The van der Waals surface area contributed by atoms with Gasteiger partial charge in [-0.3, -0.25) is 9.59 Å². The minimum absolute atomic E-state index is 0.0346. The van der Waals surface area contributed by atoms with E-state index >= 15 is 0 Å². The molecule has 0 fully saturated rings. The highest BCUT2D eigenvalue weighted by Gasteiger charge is 2.08. The number of amides is 2. The molecule has 0 saturated carbocycles. The molecular formula is C16H14N2O3. The lowest BCUT2D eigenvalue weighted by Crippen LogP contribution is -2.29. The Balaban J connectivity index is 2.06. The Hall–Kier alpha value is -3.08. The Morgan fingerprint density at radius 1 is 1.10 bits per heavy atom. The van der Waals surface area contributed by atoms with Crippen molar-refractivity contribution in [3.63, 3.8) is 0 Å². The van der Waals surface area contributed by atoms with Crippen LogP contribution in [0.3, 0.4) is 0 Å². The van der Waals surface area contributed by atoms with Crippen LogP contribution < -0.4 is 11.1 Å². The molecule has 0 radical (unpaired) electrons. The predicted molar refractivity (Wildman–Crippen MR) is 79.5 cm³/mol. The van der Waals surface area contributed by atoms with E-state index in [1.54, 1.807) is 18.2 Å². The van der Waals surface area contributed by atoms with Gasteiger partial charge >= 0.3 is 0 Å². The van der Waals surface area contributed by atoms with E-state index in [1.807, 2.05) is 30.3 Å². The molecule has 0 atom stereocenters. The van der Waals surface area contributed by atoms with Crippen molar-refractivity contribution >= 4 is 24.0 Å². The largest absolute Gasteiger partial charge is 0.465 e. The van der Waals surface area contributed by atoms with Crippen molar-refractivity contribution in [2.45, 2.75) is 0 Å². The summed E-state index contributed by atoms with van der Waals surface area (Å²) >= 11 is 0. The zero-order chi connectivity index (χ0) is 15.1. The minimum Gasteiger partial charge on any atom is -0.465 e. The van der Waals surface area contributed by atoms with Crippen molar-refractivity contribution in [2.75, 3.05) is 0 Å². The van der Waals surface area contributed by atoms with Gasteiger partial charge in [-0.25, -0.2) is 0 Å². The SMILES string of the molecule is NC(=O)C(=Cc1ccco1)NC(=O)C=Cc1ccccc1. The molecule has 1 heterocycles. The number of nitrogens with two attached hydrogens (primary N) is 1. The number of rotatable bonds is 5. The summed E-state index contributed by atoms with van der Waals surface area (Å²) in [6.45, 7) is 0. The maximum Gasteiger partial charge on any atom is 0.265 e. The summed E-state index contributed by atoms with van der Waals surface area (Å²) in [7, 11) is 0. The first kappa shape index (κ1) is 14.3. The first-order valence-corrected chi connectivity index (χ1v) is 6.24. The molecule has 0 aliphatic carbocycles. The molecule has 2 aromatic rings. The number of hydrogen-bond acceptors (Lipinski definition) is 3. The number of furan rings is 1. The fourth-order valence-corrected chi connectivity index (χ4v) is 1.59. The number of carbonyl (C=O) groups excluding carboxylic acids is 2. The van der Waals surface area contributed by atoms with Crippen LogP contribution in [0.25, 0.3) is 12.2 Å². The zero-order valence-corrected chi connectivity index (χ0v) is 11.2. The van der Waals surface area contributed by atoms with Crippen LogP contribution in [0.2, 0.25) is 0 Å². The smallest absolute Gasteiger partial charge is 0.265 e. The molecular weight excluding hydrogens is 268 g/mol. The third-order valence-corrected chi connectivity index (χ3v) is 2.58. The summed E-state index contributed by atoms with van der Waals surface area (Å²) in [5, 5.41) is 2.43. The van der Waals surface area contributed by atoms with Crippen LogP contribution in [-0.2, 0) is 9.59 Å². The normalized spacial score (nSPS) is 11.5. The molecule has 0 bridgehead atoms. The fourth-order valence-electron chi connectivity index (χ4n) is 1.59. The quantitative estimate of drug-likeness (QED) is 0.822. The van der Waals surface area contributed by atoms with Crippen LogP contribution >= 0.6 is 0 Å². The minimum atomic E-state index is -0.743. The molecule has 21 heavy (non-hydrogen) atoms. The summed E-state index contributed by atoms with van der Waals surface area (Å²) in [5.41, 5.74) is 6.06. The van der Waals surface area contributed by atoms with Gasteiger partial charge in [0.25, 0.3) is 5.91 Å². The van der Waals surface area contributed by atoms with Crippen molar-refractivity contribution in [2.24, 2.45) is 5.73 Å². The first-order chi connectivity index (χ1) is 10.1. The Morgan fingerprint density at radius 2 is 1.86 bits per heavy atom. The summed E-state index contributed by atoms with van der Waals surface area (Å²) in [4.78, 5) is 23.1. The van der Waals surface area contributed by atoms with Gasteiger partial charge in [0.15, 0.2) is 0 Å². The fraction of sp³-hybridized carbons (Fsp3) is 0. The Morgan fingerprint density at radius 3 is 2.48 bits per heavy atom. The van der Waals surface area contributed by atoms with Crippen LogP contribution in [0.1, 0.15) is 11.3 Å². The molecule has 5 heteroatoms. The maximum atomic E-state index is 11.8. The van der Waals surface area contributed by atoms with E-state index in [4.69, 9.17) is 10.2 Å². The van der Waals surface area contributed by atoms with Crippen molar-refractivity contribution in [1.29, 1.82) is 0 Å². The van der Waals surface area contributed by atoms with Crippen LogP contribution in [0.15, 0.2) is 64.9 Å². The van der Waals surface area contributed by atoms with E-state index in [2.05, 4.69) is 5.32 Å². The van der Waals surface area contributed by atoms with Crippen molar-refractivity contribution in [3.8, 4) is 0 Å². The second-order valence-corrected chi connectivity index (χ2v) is 4.17. The lowest BCUT2D eigenvalue weighted by Gasteiger charge is -2.03. The van der Waals surface area contributed by atoms with Gasteiger partial charge in [0.05, 0.1) is 6.26 Å². The number of hydrogen-bond donors (Lipinski definition) is 2. The maximum absolute atomic E-state index is 11.8. The topological polar surface area (TPSA) is 85.3 Å². The second-order valence-electron chi connectivity index (χ2n) is 4.17.